The molecule has 5 nitrogen and oxygen atoms in total. The van der Waals surface area contributed by atoms with Crippen LogP contribution in [0.2, 0.25) is 0 Å². The minimum absolute atomic E-state index is 0.0901. The van der Waals surface area contributed by atoms with E-state index in [4.69, 9.17) is 5.11 Å². The topological polar surface area (TPSA) is 66.3 Å². The van der Waals surface area contributed by atoms with Gasteiger partial charge in [0.1, 0.15) is 0 Å². The molecule has 1 heterocycles. The van der Waals surface area contributed by atoms with Crippen LogP contribution in [0.15, 0.2) is 6.07 Å². The second-order valence-corrected chi connectivity index (χ2v) is 3.52. The first-order chi connectivity index (χ1) is 6.99. The van der Waals surface area contributed by atoms with E-state index in [1.165, 1.54) is 0 Å². The molecular weight excluding hydrogens is 194 g/mol. The molecule has 1 aromatic rings. The second-order valence-electron chi connectivity index (χ2n) is 3.52. The smallest absolute Gasteiger partial charge is 0.305 e. The van der Waals surface area contributed by atoms with Crippen LogP contribution in [0.4, 0.5) is 5.95 Å². The predicted octanol–water partition coefficient (Wildman–Crippen LogP) is 1.00. The number of aliphatic carboxylic acids is 1. The van der Waals surface area contributed by atoms with Gasteiger partial charge in [0.15, 0.2) is 0 Å². The predicted molar refractivity (Wildman–Crippen MR) is 57.0 cm³/mol. The van der Waals surface area contributed by atoms with Crippen molar-refractivity contribution in [2.75, 3.05) is 18.5 Å². The molecule has 0 bridgehead atoms. The SMILES string of the molecule is Cc1cc(C)nc(N(C)CCC(=O)O)n1. The zero-order chi connectivity index (χ0) is 11.4. The van der Waals surface area contributed by atoms with Gasteiger partial charge in [-0.1, -0.05) is 0 Å². The minimum atomic E-state index is -0.814. The fraction of sp³-hybridized carbons (Fsp3) is 0.500. The molecule has 1 N–H and O–H groups in total. The zero-order valence-electron chi connectivity index (χ0n) is 9.19. The van der Waals surface area contributed by atoms with Crippen molar-refractivity contribution in [3.8, 4) is 0 Å². The number of carboxylic acid groups (broad SMARTS) is 1. The fourth-order valence-corrected chi connectivity index (χ4v) is 1.24. The standard InChI is InChI=1S/C10H15N3O2/c1-7-6-8(2)12-10(11-7)13(3)5-4-9(14)15/h6H,4-5H2,1-3H3,(H,14,15). The Kier molecular flexibility index (Phi) is 3.60. The first kappa shape index (κ1) is 11.4. The number of carbonyl (C=O) groups is 1. The Morgan fingerprint density at radius 3 is 2.40 bits per heavy atom. The van der Waals surface area contributed by atoms with E-state index >= 15 is 0 Å². The van der Waals surface area contributed by atoms with Gasteiger partial charge in [0.25, 0.3) is 0 Å². The Hall–Kier alpha value is -1.65. The summed E-state index contributed by atoms with van der Waals surface area (Å²) in [5.41, 5.74) is 1.78. The molecule has 15 heavy (non-hydrogen) atoms. The van der Waals surface area contributed by atoms with Crippen LogP contribution in [-0.4, -0.2) is 34.6 Å². The van der Waals surface area contributed by atoms with Crippen LogP contribution in [-0.2, 0) is 4.79 Å². The maximum absolute atomic E-state index is 10.4. The van der Waals surface area contributed by atoms with Crippen LogP contribution < -0.4 is 4.90 Å². The van der Waals surface area contributed by atoms with E-state index < -0.39 is 5.97 Å². The molecule has 0 aliphatic rings. The average Bonchev–Trinajstić information content (AvgIpc) is 2.12. The van der Waals surface area contributed by atoms with Gasteiger partial charge in [0, 0.05) is 25.0 Å². The van der Waals surface area contributed by atoms with Crippen molar-refractivity contribution in [1.29, 1.82) is 0 Å². The summed E-state index contributed by atoms with van der Waals surface area (Å²) in [6.45, 7) is 4.20. The molecule has 0 saturated heterocycles. The first-order valence-corrected chi connectivity index (χ1v) is 4.74. The highest BCUT2D eigenvalue weighted by molar-refractivity contribution is 5.67. The molecular formula is C10H15N3O2. The molecule has 0 saturated carbocycles. The molecule has 0 aromatic carbocycles. The van der Waals surface area contributed by atoms with Crippen molar-refractivity contribution in [2.45, 2.75) is 20.3 Å². The van der Waals surface area contributed by atoms with Gasteiger partial charge in [-0.05, 0) is 19.9 Å². The summed E-state index contributed by atoms with van der Waals surface area (Å²) in [5.74, 6) is -0.236. The molecule has 0 fully saturated rings. The number of anilines is 1. The molecule has 5 heteroatoms. The molecule has 82 valence electrons. The van der Waals surface area contributed by atoms with Gasteiger partial charge in [0.2, 0.25) is 5.95 Å². The third-order valence-electron chi connectivity index (χ3n) is 1.97. The van der Waals surface area contributed by atoms with Gasteiger partial charge in [-0.2, -0.15) is 0 Å². The van der Waals surface area contributed by atoms with Gasteiger partial charge >= 0.3 is 5.97 Å². The summed E-state index contributed by atoms with van der Waals surface area (Å²) in [7, 11) is 1.79. The van der Waals surface area contributed by atoms with E-state index in [-0.39, 0.29) is 6.42 Å². The quantitative estimate of drug-likeness (QED) is 0.801. The lowest BCUT2D eigenvalue weighted by Crippen LogP contribution is -2.23. The largest absolute Gasteiger partial charge is 0.481 e. The number of carboxylic acids is 1. The van der Waals surface area contributed by atoms with Crippen molar-refractivity contribution >= 4 is 11.9 Å². The Morgan fingerprint density at radius 1 is 1.40 bits per heavy atom. The number of aromatic nitrogens is 2. The number of rotatable bonds is 4. The number of hydrogen-bond donors (Lipinski definition) is 1. The second kappa shape index (κ2) is 4.72. The van der Waals surface area contributed by atoms with Crippen molar-refractivity contribution in [3.05, 3.63) is 17.5 Å². The van der Waals surface area contributed by atoms with E-state index in [9.17, 15) is 4.79 Å². The van der Waals surface area contributed by atoms with Crippen molar-refractivity contribution in [3.63, 3.8) is 0 Å². The molecule has 0 radical (unpaired) electrons. The lowest BCUT2D eigenvalue weighted by molar-refractivity contribution is -0.136. The summed E-state index contributed by atoms with van der Waals surface area (Å²) < 4.78 is 0. The molecule has 0 amide bonds. The maximum Gasteiger partial charge on any atom is 0.305 e. The van der Waals surface area contributed by atoms with Crippen LogP contribution in [0.5, 0.6) is 0 Å². The van der Waals surface area contributed by atoms with E-state index in [1.54, 1.807) is 11.9 Å². The van der Waals surface area contributed by atoms with Crippen LogP contribution in [0.1, 0.15) is 17.8 Å². The normalized spacial score (nSPS) is 10.1. The van der Waals surface area contributed by atoms with Gasteiger partial charge in [0.05, 0.1) is 6.42 Å². The summed E-state index contributed by atoms with van der Waals surface area (Å²) in [4.78, 5) is 20.6. The molecule has 0 unspecified atom stereocenters. The number of nitrogens with zero attached hydrogens (tertiary/aromatic N) is 3. The highest BCUT2D eigenvalue weighted by Gasteiger charge is 2.07. The van der Waals surface area contributed by atoms with Crippen molar-refractivity contribution in [2.24, 2.45) is 0 Å². The highest BCUT2D eigenvalue weighted by Crippen LogP contribution is 2.08. The Labute approximate surface area is 88.8 Å². The molecule has 1 aromatic heterocycles. The maximum atomic E-state index is 10.4. The molecule has 0 aliphatic heterocycles. The Bertz CT molecular complexity index is 345. The van der Waals surface area contributed by atoms with Crippen LogP contribution in [0.25, 0.3) is 0 Å². The number of hydrogen-bond acceptors (Lipinski definition) is 4. The number of aryl methyl sites for hydroxylation is 2. The molecule has 1 rings (SSSR count). The summed E-state index contributed by atoms with van der Waals surface area (Å²) >= 11 is 0. The summed E-state index contributed by atoms with van der Waals surface area (Å²) in [6, 6.07) is 1.88. The van der Waals surface area contributed by atoms with Crippen molar-refractivity contribution in [1.82, 2.24) is 9.97 Å². The minimum Gasteiger partial charge on any atom is -0.481 e. The lowest BCUT2D eigenvalue weighted by Gasteiger charge is -2.16. The third kappa shape index (κ3) is 3.53. The van der Waals surface area contributed by atoms with E-state index in [0.717, 1.165) is 11.4 Å². The van der Waals surface area contributed by atoms with Crippen molar-refractivity contribution < 1.29 is 9.90 Å². The van der Waals surface area contributed by atoms with Crippen LogP contribution in [0.3, 0.4) is 0 Å². The average molecular weight is 209 g/mol. The molecule has 0 aliphatic carbocycles. The van der Waals surface area contributed by atoms with Gasteiger partial charge in [-0.15, -0.1) is 0 Å². The third-order valence-corrected chi connectivity index (χ3v) is 1.97. The van der Waals surface area contributed by atoms with Gasteiger partial charge in [-0.3, -0.25) is 4.79 Å². The van der Waals surface area contributed by atoms with E-state index in [1.807, 2.05) is 19.9 Å². The highest BCUT2D eigenvalue weighted by atomic mass is 16.4. The van der Waals surface area contributed by atoms with E-state index in [0.29, 0.717) is 12.5 Å². The monoisotopic (exact) mass is 209 g/mol. The van der Waals surface area contributed by atoms with Crippen LogP contribution in [0, 0.1) is 13.8 Å². The lowest BCUT2D eigenvalue weighted by atomic mass is 10.3. The van der Waals surface area contributed by atoms with E-state index in [2.05, 4.69) is 9.97 Å². The van der Waals surface area contributed by atoms with Gasteiger partial charge < -0.3 is 10.0 Å². The fourth-order valence-electron chi connectivity index (χ4n) is 1.24. The first-order valence-electron chi connectivity index (χ1n) is 4.74. The Balaban J connectivity index is 2.72. The molecule has 0 spiro atoms. The van der Waals surface area contributed by atoms with Crippen LogP contribution >= 0.6 is 0 Å². The van der Waals surface area contributed by atoms with Gasteiger partial charge in [-0.25, -0.2) is 9.97 Å². The summed E-state index contributed by atoms with van der Waals surface area (Å²) in [6.07, 6.45) is 0.0901. The molecule has 0 atom stereocenters. The Morgan fingerprint density at radius 2 is 1.93 bits per heavy atom. The zero-order valence-corrected chi connectivity index (χ0v) is 9.19. The summed E-state index contributed by atoms with van der Waals surface area (Å²) in [5, 5.41) is 8.55.